The number of ether oxygens (including phenoxy) is 1. The number of methoxy groups -OCH3 is 1. The van der Waals surface area contributed by atoms with Gasteiger partial charge in [-0.05, 0) is 41.8 Å². The lowest BCUT2D eigenvalue weighted by Gasteiger charge is -2.18. The average Bonchev–Trinajstić information content (AvgIpc) is 3.41. The zero-order chi connectivity index (χ0) is 30.8. The van der Waals surface area contributed by atoms with E-state index < -0.39 is 23.0 Å². The summed E-state index contributed by atoms with van der Waals surface area (Å²) < 4.78 is 21.8. The molecule has 1 aromatic heterocycles. The minimum Gasteiger partial charge on any atom is -0.496 e. The molecule has 1 aliphatic heterocycles. The van der Waals surface area contributed by atoms with Crippen LogP contribution in [0.25, 0.3) is 22.3 Å². The molecule has 0 bridgehead atoms. The Kier molecular flexibility index (Phi) is 8.47. The van der Waals surface area contributed by atoms with Gasteiger partial charge in [0.2, 0.25) is 5.91 Å². The first-order chi connectivity index (χ1) is 20.6. The number of benzene rings is 3. The number of halogens is 2. The second-order valence-corrected chi connectivity index (χ2v) is 10.6. The molecule has 0 aliphatic carbocycles. The van der Waals surface area contributed by atoms with Crippen molar-refractivity contribution >= 4 is 29.1 Å². The number of nitrogens with one attached hydrogen (secondary N) is 4. The van der Waals surface area contributed by atoms with Crippen LogP contribution in [0, 0.1) is 12.7 Å². The first kappa shape index (κ1) is 29.7. The molecule has 1 aliphatic rings. The summed E-state index contributed by atoms with van der Waals surface area (Å²) in [5.74, 6) is -0.854. The zero-order valence-corrected chi connectivity index (χ0v) is 24.4. The number of carbonyl (C=O) groups excluding carboxylic acids is 2. The number of carbonyl (C=O) groups is 2. The van der Waals surface area contributed by atoms with Crippen LogP contribution in [0.4, 0.5) is 10.1 Å². The number of nitrogens with zero attached hydrogens (tertiary/aromatic N) is 1. The van der Waals surface area contributed by atoms with Gasteiger partial charge in [0.15, 0.2) is 0 Å². The van der Waals surface area contributed by atoms with Gasteiger partial charge in [0, 0.05) is 61.2 Å². The summed E-state index contributed by atoms with van der Waals surface area (Å²) in [6.07, 6.45) is 1.42. The maximum Gasteiger partial charge on any atom is 0.328 e. The van der Waals surface area contributed by atoms with Gasteiger partial charge in [0.1, 0.15) is 17.1 Å². The molecule has 0 unspecified atom stereocenters. The average molecular weight is 606 g/mol. The Morgan fingerprint density at radius 1 is 1.12 bits per heavy atom. The number of aromatic amines is 1. The highest BCUT2D eigenvalue weighted by molar-refractivity contribution is 6.36. The predicted molar refractivity (Wildman–Crippen MR) is 162 cm³/mol. The normalized spacial score (nSPS) is 14.4. The van der Waals surface area contributed by atoms with Crippen molar-refractivity contribution in [2.75, 3.05) is 19.0 Å². The quantitative estimate of drug-likeness (QED) is 0.242. The lowest BCUT2D eigenvalue weighted by Crippen LogP contribution is -2.37. The Morgan fingerprint density at radius 2 is 1.84 bits per heavy atom. The number of amides is 2. The molecule has 0 radical (unpaired) electrons. The lowest BCUT2D eigenvalue weighted by atomic mass is 9.94. The molecule has 12 heteroatoms. The van der Waals surface area contributed by atoms with Crippen LogP contribution in [0.5, 0.6) is 5.75 Å². The number of rotatable bonds is 8. The van der Waals surface area contributed by atoms with Crippen LogP contribution in [0.1, 0.15) is 27.9 Å². The maximum absolute atomic E-state index is 15.4. The molecular formula is C31H29ClFN5O5. The van der Waals surface area contributed by atoms with Crippen LogP contribution < -0.4 is 31.9 Å². The highest BCUT2D eigenvalue weighted by atomic mass is 35.5. The van der Waals surface area contributed by atoms with Gasteiger partial charge in [-0.25, -0.2) is 9.18 Å². The third-order valence-electron chi connectivity index (χ3n) is 7.53. The molecule has 222 valence electrons. The Morgan fingerprint density at radius 3 is 2.56 bits per heavy atom. The summed E-state index contributed by atoms with van der Waals surface area (Å²) in [6.45, 7) is 2.47. The van der Waals surface area contributed by atoms with Crippen molar-refractivity contribution in [3.63, 3.8) is 0 Å². The molecule has 1 saturated heterocycles. The fourth-order valence-corrected chi connectivity index (χ4v) is 5.40. The van der Waals surface area contributed by atoms with Gasteiger partial charge >= 0.3 is 5.69 Å². The molecule has 43 heavy (non-hydrogen) atoms. The van der Waals surface area contributed by atoms with Gasteiger partial charge in [0.05, 0.1) is 12.1 Å². The topological polar surface area (TPSA) is 134 Å². The van der Waals surface area contributed by atoms with E-state index in [2.05, 4.69) is 20.9 Å². The van der Waals surface area contributed by atoms with Gasteiger partial charge in [-0.15, -0.1) is 0 Å². The predicted octanol–water partition coefficient (Wildman–Crippen LogP) is 3.75. The summed E-state index contributed by atoms with van der Waals surface area (Å²) in [6, 6.07) is 13.7. The number of aromatic nitrogens is 2. The molecule has 1 atom stereocenters. The Bertz CT molecular complexity index is 1870. The number of hydrogen-bond acceptors (Lipinski definition) is 6. The SMILES string of the molecule is COc1cc(-c2cccc(-c3cccc(NC(=O)c4c[nH]c(=O)n(C)c4=O)c3C)c2Cl)cc(F)c1CN[C@@H]1CNC(=O)C1. The fraction of sp³-hybridized carbons (Fsp3) is 0.226. The molecule has 4 aromatic rings. The van der Waals surface area contributed by atoms with Gasteiger partial charge in [-0.3, -0.25) is 19.0 Å². The second kappa shape index (κ2) is 12.2. The number of H-pyrrole nitrogens is 1. The third-order valence-corrected chi connectivity index (χ3v) is 7.93. The van der Waals surface area contributed by atoms with Crippen molar-refractivity contribution in [2.45, 2.75) is 25.9 Å². The monoisotopic (exact) mass is 605 g/mol. The van der Waals surface area contributed by atoms with Gasteiger partial charge in [-0.1, -0.05) is 41.9 Å². The summed E-state index contributed by atoms with van der Waals surface area (Å²) in [5.41, 5.74) is 2.36. The summed E-state index contributed by atoms with van der Waals surface area (Å²) in [7, 11) is 2.74. The van der Waals surface area contributed by atoms with Gasteiger partial charge < -0.3 is 25.7 Å². The second-order valence-electron chi connectivity index (χ2n) is 10.2. The third kappa shape index (κ3) is 5.95. The van der Waals surface area contributed by atoms with Crippen molar-refractivity contribution in [3.05, 3.63) is 103 Å². The minimum atomic E-state index is -0.721. The highest BCUT2D eigenvalue weighted by Crippen LogP contribution is 2.40. The molecule has 2 amide bonds. The largest absolute Gasteiger partial charge is 0.496 e. The molecule has 5 rings (SSSR count). The smallest absolute Gasteiger partial charge is 0.328 e. The Labute approximate surface area is 250 Å². The highest BCUT2D eigenvalue weighted by Gasteiger charge is 2.23. The standard InChI is InChI=1S/C31H29ClFN5O5/c1-16-19(6-5-9-25(16)37-29(40)23-15-36-31(42)38(2)30(23)41)21-8-4-7-20(28(21)32)17-10-24(33)22(26(11-17)43-3)14-34-18-12-27(39)35-13-18/h4-11,15,18,34H,12-14H2,1-3H3,(H,35,39)(H,36,42)(H,37,40)/t18-/m0/s1. The molecular weight excluding hydrogens is 577 g/mol. The van der Waals surface area contributed by atoms with E-state index in [-0.39, 0.29) is 24.1 Å². The van der Waals surface area contributed by atoms with Crippen LogP contribution in [0.15, 0.2) is 64.3 Å². The first-order valence-electron chi connectivity index (χ1n) is 13.4. The molecule has 3 aromatic carbocycles. The van der Waals surface area contributed by atoms with Crippen LogP contribution in [0.2, 0.25) is 5.02 Å². The van der Waals surface area contributed by atoms with E-state index in [9.17, 15) is 19.2 Å². The Balaban J connectivity index is 1.45. The van der Waals surface area contributed by atoms with Crippen molar-refractivity contribution in [2.24, 2.45) is 7.05 Å². The summed E-state index contributed by atoms with van der Waals surface area (Å²) in [4.78, 5) is 50.9. The molecule has 10 nitrogen and oxygen atoms in total. The zero-order valence-electron chi connectivity index (χ0n) is 23.6. The number of anilines is 1. The van der Waals surface area contributed by atoms with E-state index >= 15 is 4.39 Å². The minimum absolute atomic E-state index is 0.0440. The van der Waals surface area contributed by atoms with E-state index in [0.717, 1.165) is 10.8 Å². The summed E-state index contributed by atoms with van der Waals surface area (Å²) >= 11 is 6.93. The Hall–Kier alpha value is -4.74. The van der Waals surface area contributed by atoms with Crippen LogP contribution in [-0.2, 0) is 18.4 Å². The molecule has 1 fully saturated rings. The van der Waals surface area contributed by atoms with Crippen molar-refractivity contribution in [1.82, 2.24) is 20.2 Å². The summed E-state index contributed by atoms with van der Waals surface area (Å²) in [5, 5.41) is 9.05. The molecule has 2 heterocycles. The number of hydrogen-bond donors (Lipinski definition) is 4. The maximum atomic E-state index is 15.4. The van der Waals surface area contributed by atoms with Gasteiger partial charge in [0.25, 0.3) is 11.5 Å². The van der Waals surface area contributed by atoms with Crippen molar-refractivity contribution in [3.8, 4) is 28.0 Å². The van der Waals surface area contributed by atoms with Crippen LogP contribution >= 0.6 is 11.6 Å². The lowest BCUT2D eigenvalue weighted by molar-refractivity contribution is -0.119. The molecule has 4 N–H and O–H groups in total. The van der Waals surface area contributed by atoms with Crippen LogP contribution in [0.3, 0.4) is 0 Å². The van der Waals surface area contributed by atoms with Crippen LogP contribution in [-0.4, -0.2) is 41.1 Å². The van der Waals surface area contributed by atoms with Gasteiger partial charge in [-0.2, -0.15) is 0 Å². The van der Waals surface area contributed by atoms with Crippen molar-refractivity contribution in [1.29, 1.82) is 0 Å². The van der Waals surface area contributed by atoms with E-state index in [1.165, 1.54) is 20.2 Å². The molecule has 0 spiro atoms. The van der Waals surface area contributed by atoms with E-state index in [4.69, 9.17) is 16.3 Å². The van der Waals surface area contributed by atoms with E-state index in [1.807, 2.05) is 12.1 Å². The fourth-order valence-electron chi connectivity index (χ4n) is 5.06. The van der Waals surface area contributed by atoms with E-state index in [0.29, 0.717) is 62.8 Å². The van der Waals surface area contributed by atoms with Crippen molar-refractivity contribution < 1.29 is 18.7 Å². The van der Waals surface area contributed by atoms with E-state index in [1.54, 1.807) is 37.3 Å². The molecule has 0 saturated carbocycles. The first-order valence-corrected chi connectivity index (χ1v) is 13.8.